The van der Waals surface area contributed by atoms with E-state index < -0.39 is 5.79 Å². The number of fused-ring (bicyclic) bond motifs is 1. The van der Waals surface area contributed by atoms with Crippen molar-refractivity contribution >= 4 is 11.8 Å². The molecule has 0 aromatic carbocycles. The molecule has 5 aliphatic rings. The Kier molecular flexibility index (Phi) is 7.97. The third-order valence-electron chi connectivity index (χ3n) is 8.96. The maximum atomic E-state index is 13.8. The van der Waals surface area contributed by atoms with E-state index in [9.17, 15) is 9.59 Å². The molecule has 4 aliphatic heterocycles. The van der Waals surface area contributed by atoms with Crippen molar-refractivity contribution in [1.29, 1.82) is 0 Å². The number of ether oxygens (including phenoxy) is 2. The summed E-state index contributed by atoms with van der Waals surface area (Å²) in [5.74, 6) is 2.77. The highest BCUT2D eigenvalue weighted by molar-refractivity contribution is 5.90. The molecule has 8 nitrogen and oxygen atoms in total. The summed E-state index contributed by atoms with van der Waals surface area (Å²) in [5, 5.41) is 3.37. The monoisotopic (exact) mass is 504 g/mol. The lowest BCUT2D eigenvalue weighted by molar-refractivity contribution is -0.298. The van der Waals surface area contributed by atoms with Crippen molar-refractivity contribution in [2.45, 2.75) is 77.7 Å². The fourth-order valence-electron chi connectivity index (χ4n) is 6.84. The van der Waals surface area contributed by atoms with Crippen LogP contribution >= 0.6 is 0 Å². The molecule has 1 N–H and O–H groups in total. The predicted octanol–water partition coefficient (Wildman–Crippen LogP) is 2.18. The number of carbonyl (C=O) groups is 2. The fourth-order valence-corrected chi connectivity index (χ4v) is 6.84. The first kappa shape index (κ1) is 26.4. The molecule has 2 unspecified atom stereocenters. The SMILES string of the molecule is CC(C)C[C@@H]1NCCN([C@@H](CC(C)C)C(=O)N2CCC3(CC2)OCC(CN2CC4CC4C2)CO3)C1=O. The van der Waals surface area contributed by atoms with Gasteiger partial charge in [-0.2, -0.15) is 0 Å². The predicted molar refractivity (Wildman–Crippen MR) is 138 cm³/mol. The molecular weight excluding hydrogens is 456 g/mol. The van der Waals surface area contributed by atoms with Gasteiger partial charge in [0.1, 0.15) is 6.04 Å². The third kappa shape index (κ3) is 5.92. The molecule has 5 fully saturated rings. The minimum Gasteiger partial charge on any atom is -0.349 e. The van der Waals surface area contributed by atoms with Crippen LogP contribution in [0.15, 0.2) is 0 Å². The number of likely N-dealkylation sites (tertiary alicyclic amines) is 2. The van der Waals surface area contributed by atoms with E-state index in [4.69, 9.17) is 9.47 Å². The van der Waals surface area contributed by atoms with Gasteiger partial charge in [0.05, 0.1) is 19.3 Å². The van der Waals surface area contributed by atoms with Crippen molar-refractivity contribution in [3.8, 4) is 0 Å². The van der Waals surface area contributed by atoms with Gasteiger partial charge in [0, 0.05) is 64.6 Å². The standard InChI is InChI=1S/C28H48N4O4/c1-19(2)11-24-26(33)32(10-7-29-24)25(12-20(3)4)27(34)31-8-5-28(6-9-31)35-17-21(18-36-28)14-30-15-22-13-23(22)16-30/h19-25,29H,5-18H2,1-4H3/t22?,23?,24-,25-/m0/s1. The molecule has 5 rings (SSSR count). The molecule has 0 aromatic heterocycles. The van der Waals surface area contributed by atoms with E-state index >= 15 is 0 Å². The third-order valence-corrected chi connectivity index (χ3v) is 8.96. The number of rotatable bonds is 8. The Balaban J connectivity index is 1.14. The van der Waals surface area contributed by atoms with Gasteiger partial charge in [-0.1, -0.05) is 27.7 Å². The highest BCUT2D eigenvalue weighted by Crippen LogP contribution is 2.45. The molecule has 1 spiro atoms. The highest BCUT2D eigenvalue weighted by atomic mass is 16.7. The number of hydrogen-bond donors (Lipinski definition) is 1. The Morgan fingerprint density at radius 3 is 2.31 bits per heavy atom. The van der Waals surface area contributed by atoms with Crippen LogP contribution in [0.3, 0.4) is 0 Å². The van der Waals surface area contributed by atoms with Gasteiger partial charge in [-0.05, 0) is 42.9 Å². The van der Waals surface area contributed by atoms with E-state index in [-0.39, 0.29) is 23.9 Å². The van der Waals surface area contributed by atoms with Crippen molar-refractivity contribution in [2.75, 3.05) is 59.0 Å². The molecule has 4 heterocycles. The van der Waals surface area contributed by atoms with Crippen LogP contribution in [-0.4, -0.2) is 103 Å². The number of piperazine rings is 1. The van der Waals surface area contributed by atoms with Gasteiger partial charge in [-0.25, -0.2) is 0 Å². The van der Waals surface area contributed by atoms with Gasteiger partial charge in [0.2, 0.25) is 11.8 Å². The zero-order chi connectivity index (χ0) is 25.4. The second-order valence-electron chi connectivity index (χ2n) is 13.0. The number of nitrogens with one attached hydrogen (secondary N) is 1. The van der Waals surface area contributed by atoms with E-state index in [1.165, 1.54) is 19.5 Å². The van der Waals surface area contributed by atoms with Crippen LogP contribution in [0.5, 0.6) is 0 Å². The normalized spacial score (nSPS) is 31.9. The van der Waals surface area contributed by atoms with E-state index in [1.54, 1.807) is 0 Å². The lowest BCUT2D eigenvalue weighted by Crippen LogP contribution is -2.63. The summed E-state index contributed by atoms with van der Waals surface area (Å²) in [7, 11) is 0. The van der Waals surface area contributed by atoms with Crippen LogP contribution in [0.25, 0.3) is 0 Å². The Morgan fingerprint density at radius 2 is 1.69 bits per heavy atom. The topological polar surface area (TPSA) is 74.3 Å². The summed E-state index contributed by atoms with van der Waals surface area (Å²) in [6.45, 7) is 16.3. The summed E-state index contributed by atoms with van der Waals surface area (Å²) in [6, 6.07) is -0.568. The van der Waals surface area contributed by atoms with E-state index in [0.29, 0.717) is 56.7 Å². The average molecular weight is 505 g/mol. The van der Waals surface area contributed by atoms with Gasteiger partial charge >= 0.3 is 0 Å². The van der Waals surface area contributed by atoms with Crippen molar-refractivity contribution in [3.05, 3.63) is 0 Å². The molecule has 1 aliphatic carbocycles. The van der Waals surface area contributed by atoms with Crippen LogP contribution in [0.4, 0.5) is 0 Å². The molecule has 4 saturated heterocycles. The summed E-state index contributed by atoms with van der Waals surface area (Å²) in [4.78, 5) is 33.5. The zero-order valence-electron chi connectivity index (χ0n) is 22.9. The Morgan fingerprint density at radius 1 is 1.03 bits per heavy atom. The average Bonchev–Trinajstić information content (AvgIpc) is 3.46. The summed E-state index contributed by atoms with van der Waals surface area (Å²) < 4.78 is 12.7. The number of piperidine rings is 2. The zero-order valence-corrected chi connectivity index (χ0v) is 22.9. The molecule has 4 atom stereocenters. The molecule has 1 saturated carbocycles. The lowest BCUT2D eigenvalue weighted by atomic mass is 9.95. The van der Waals surface area contributed by atoms with Crippen LogP contribution in [0.1, 0.15) is 59.8 Å². The summed E-state index contributed by atoms with van der Waals surface area (Å²) >= 11 is 0. The minimum atomic E-state index is -0.540. The van der Waals surface area contributed by atoms with Gasteiger partial charge < -0.3 is 29.5 Å². The van der Waals surface area contributed by atoms with Crippen molar-refractivity contribution in [3.63, 3.8) is 0 Å². The molecule has 0 aromatic rings. The molecule has 204 valence electrons. The summed E-state index contributed by atoms with van der Waals surface area (Å²) in [6.07, 6.45) is 4.36. The molecule has 0 radical (unpaired) electrons. The number of carbonyl (C=O) groups excluding carboxylic acids is 2. The first-order chi connectivity index (χ1) is 17.2. The molecule has 8 heteroatoms. The van der Waals surface area contributed by atoms with Crippen LogP contribution < -0.4 is 5.32 Å². The fraction of sp³-hybridized carbons (Fsp3) is 0.929. The first-order valence-electron chi connectivity index (χ1n) is 14.6. The van der Waals surface area contributed by atoms with Gasteiger partial charge in [0.15, 0.2) is 5.79 Å². The minimum absolute atomic E-state index is 0.0859. The maximum absolute atomic E-state index is 13.8. The first-order valence-corrected chi connectivity index (χ1v) is 14.6. The largest absolute Gasteiger partial charge is 0.349 e. The Hall–Kier alpha value is -1.22. The van der Waals surface area contributed by atoms with Gasteiger partial charge in [-0.15, -0.1) is 0 Å². The van der Waals surface area contributed by atoms with Crippen molar-refractivity contribution in [2.24, 2.45) is 29.6 Å². The Labute approximate surface area is 217 Å². The number of hydrogen-bond acceptors (Lipinski definition) is 6. The maximum Gasteiger partial charge on any atom is 0.245 e. The van der Waals surface area contributed by atoms with Crippen molar-refractivity contribution in [1.82, 2.24) is 20.0 Å². The van der Waals surface area contributed by atoms with Gasteiger partial charge in [-0.3, -0.25) is 9.59 Å². The van der Waals surface area contributed by atoms with Gasteiger partial charge in [0.25, 0.3) is 0 Å². The molecular formula is C28H48N4O4. The highest BCUT2D eigenvalue weighted by Gasteiger charge is 2.47. The smallest absolute Gasteiger partial charge is 0.245 e. The molecule has 36 heavy (non-hydrogen) atoms. The second kappa shape index (κ2) is 10.9. The van der Waals surface area contributed by atoms with Crippen LogP contribution in [0.2, 0.25) is 0 Å². The van der Waals surface area contributed by atoms with Crippen molar-refractivity contribution < 1.29 is 19.1 Å². The van der Waals surface area contributed by atoms with Crippen LogP contribution in [0, 0.1) is 29.6 Å². The number of nitrogens with zero attached hydrogens (tertiary/aromatic N) is 3. The second-order valence-corrected chi connectivity index (χ2v) is 13.0. The summed E-state index contributed by atoms with van der Waals surface area (Å²) in [5.41, 5.74) is 0. The van der Waals surface area contributed by atoms with Crippen LogP contribution in [-0.2, 0) is 19.1 Å². The molecule has 0 bridgehead atoms. The number of amides is 2. The van der Waals surface area contributed by atoms with E-state index in [2.05, 4.69) is 37.9 Å². The molecule has 2 amide bonds. The lowest BCUT2D eigenvalue weighted by Gasteiger charge is -2.47. The van der Waals surface area contributed by atoms with E-state index in [0.717, 1.165) is 44.6 Å². The van der Waals surface area contributed by atoms with E-state index in [1.807, 2.05) is 9.80 Å². The Bertz CT molecular complexity index is 776. The quantitative estimate of drug-likeness (QED) is 0.546.